The zero-order chi connectivity index (χ0) is 29.6. The monoisotopic (exact) mass is 624 g/mol. The second-order valence-electron chi connectivity index (χ2n) is 10.3. The molecule has 1 aliphatic heterocycles. The van der Waals surface area contributed by atoms with Gasteiger partial charge in [0.25, 0.3) is 5.91 Å². The van der Waals surface area contributed by atoms with E-state index in [1.807, 2.05) is 60.7 Å². The molecule has 2 amide bonds. The summed E-state index contributed by atoms with van der Waals surface area (Å²) < 4.78 is 5.38. The first kappa shape index (κ1) is 30.0. The van der Waals surface area contributed by atoms with Gasteiger partial charge >= 0.3 is 12.1 Å². The summed E-state index contributed by atoms with van der Waals surface area (Å²) in [6.45, 7) is 0.179. The Kier molecular flexibility index (Phi) is 9.77. The topological polar surface area (TPSA) is 95.9 Å². The number of carboxylic acid groups (broad SMARTS) is 1. The van der Waals surface area contributed by atoms with Gasteiger partial charge in [0, 0.05) is 34.5 Å². The summed E-state index contributed by atoms with van der Waals surface area (Å²) >= 11 is 13.8. The lowest BCUT2D eigenvalue weighted by molar-refractivity contribution is -0.131. The first-order chi connectivity index (χ1) is 20.3. The van der Waals surface area contributed by atoms with Crippen LogP contribution in [0, 0.1) is 0 Å². The van der Waals surface area contributed by atoms with Crippen LogP contribution in [0.3, 0.4) is 0 Å². The fourth-order valence-corrected chi connectivity index (χ4v) is 7.19. The van der Waals surface area contributed by atoms with Gasteiger partial charge in [0.2, 0.25) is 0 Å². The molecule has 42 heavy (non-hydrogen) atoms. The van der Waals surface area contributed by atoms with E-state index in [0.717, 1.165) is 11.1 Å². The number of carboxylic acids is 1. The number of allylic oxidation sites excluding steroid dienone is 1. The summed E-state index contributed by atoms with van der Waals surface area (Å²) in [5.74, 6) is -1.43. The van der Waals surface area contributed by atoms with Gasteiger partial charge in [-0.3, -0.25) is 4.79 Å². The molecule has 1 heterocycles. The third-order valence-corrected chi connectivity index (χ3v) is 9.45. The number of rotatable bonds is 8. The van der Waals surface area contributed by atoms with Crippen LogP contribution >= 0.6 is 35.0 Å². The Balaban J connectivity index is 1.34. The van der Waals surface area contributed by atoms with E-state index >= 15 is 0 Å². The van der Waals surface area contributed by atoms with Crippen molar-refractivity contribution in [2.45, 2.75) is 56.0 Å². The molecule has 1 aliphatic carbocycles. The van der Waals surface area contributed by atoms with E-state index in [9.17, 15) is 19.5 Å². The molecule has 5 rings (SSSR count). The Morgan fingerprint density at radius 1 is 0.929 bits per heavy atom. The van der Waals surface area contributed by atoms with Crippen molar-refractivity contribution in [1.82, 2.24) is 10.2 Å². The van der Waals surface area contributed by atoms with Crippen LogP contribution in [0.15, 0.2) is 89.5 Å². The molecule has 10 heteroatoms. The van der Waals surface area contributed by atoms with Crippen LogP contribution < -0.4 is 5.32 Å². The van der Waals surface area contributed by atoms with E-state index in [1.54, 1.807) is 17.0 Å². The van der Waals surface area contributed by atoms with Crippen molar-refractivity contribution in [3.05, 3.63) is 116 Å². The molecule has 7 nitrogen and oxygen atoms in total. The lowest BCUT2D eigenvalue weighted by Gasteiger charge is -2.38. The second kappa shape index (κ2) is 13.7. The van der Waals surface area contributed by atoms with E-state index in [1.165, 1.54) is 17.8 Å². The largest absolute Gasteiger partial charge is 0.477 e. The molecule has 0 spiro atoms. The van der Waals surface area contributed by atoms with E-state index in [-0.39, 0.29) is 45.3 Å². The van der Waals surface area contributed by atoms with Gasteiger partial charge < -0.3 is 20.1 Å². The number of alkyl carbamates (subject to hydrolysis) is 1. The van der Waals surface area contributed by atoms with Crippen LogP contribution in [0.5, 0.6) is 0 Å². The van der Waals surface area contributed by atoms with Crippen LogP contribution in [0.4, 0.5) is 4.79 Å². The summed E-state index contributed by atoms with van der Waals surface area (Å²) in [6.07, 6.45) is 2.24. The maximum absolute atomic E-state index is 14.1. The number of nitrogens with zero attached hydrogens (tertiary/aromatic N) is 1. The van der Waals surface area contributed by atoms with Crippen LogP contribution in [-0.4, -0.2) is 40.1 Å². The highest BCUT2D eigenvalue weighted by Crippen LogP contribution is 2.50. The summed E-state index contributed by atoms with van der Waals surface area (Å²) in [5.41, 5.74) is 2.64. The lowest BCUT2D eigenvalue weighted by Crippen LogP contribution is -2.46. The molecule has 3 aromatic rings. The van der Waals surface area contributed by atoms with Crippen LogP contribution in [0.2, 0.25) is 10.0 Å². The van der Waals surface area contributed by atoms with Gasteiger partial charge in [0.15, 0.2) is 0 Å². The average Bonchev–Trinajstić information content (AvgIpc) is 3.43. The molecule has 0 radical (unpaired) electrons. The second-order valence-corrected chi connectivity index (χ2v) is 12.4. The first-order valence-electron chi connectivity index (χ1n) is 13.7. The number of hydrogen-bond donors (Lipinski definition) is 2. The quantitative estimate of drug-likeness (QED) is 0.265. The molecule has 1 atom stereocenters. The van der Waals surface area contributed by atoms with Crippen molar-refractivity contribution < 1.29 is 24.2 Å². The lowest BCUT2D eigenvalue weighted by atomic mass is 9.89. The van der Waals surface area contributed by atoms with Gasteiger partial charge in [-0.25, -0.2) is 9.59 Å². The third-order valence-electron chi connectivity index (χ3n) is 7.53. The molecule has 1 fully saturated rings. The van der Waals surface area contributed by atoms with Crippen molar-refractivity contribution in [1.29, 1.82) is 0 Å². The van der Waals surface area contributed by atoms with Gasteiger partial charge in [-0.05, 0) is 55.0 Å². The number of nitrogens with one attached hydrogen (secondary N) is 1. The summed E-state index contributed by atoms with van der Waals surface area (Å²) in [7, 11) is 0. The average molecular weight is 626 g/mol. The summed E-state index contributed by atoms with van der Waals surface area (Å²) in [5, 5.41) is 13.6. The smallest absolute Gasteiger partial charge is 0.407 e. The van der Waals surface area contributed by atoms with Gasteiger partial charge in [0.1, 0.15) is 11.5 Å². The maximum atomic E-state index is 14.1. The Labute approximate surface area is 258 Å². The fourth-order valence-electron chi connectivity index (χ4n) is 5.47. The number of halogens is 2. The van der Waals surface area contributed by atoms with Crippen molar-refractivity contribution in [2.24, 2.45) is 0 Å². The highest BCUT2D eigenvalue weighted by atomic mass is 35.5. The predicted molar refractivity (Wildman–Crippen MR) is 164 cm³/mol. The van der Waals surface area contributed by atoms with E-state index in [2.05, 4.69) is 5.32 Å². The van der Waals surface area contributed by atoms with Gasteiger partial charge in [-0.2, -0.15) is 0 Å². The number of thioether (sulfide) groups is 1. The Morgan fingerprint density at radius 2 is 1.60 bits per heavy atom. The minimum absolute atomic E-state index is 0.122. The molecule has 218 valence electrons. The van der Waals surface area contributed by atoms with E-state index in [4.69, 9.17) is 27.9 Å². The molecule has 1 saturated carbocycles. The van der Waals surface area contributed by atoms with Gasteiger partial charge in [0.05, 0.1) is 10.6 Å². The number of aliphatic carboxylic acids is 1. The first-order valence-corrected chi connectivity index (χ1v) is 15.4. The molecule has 3 aromatic carbocycles. The van der Waals surface area contributed by atoms with Crippen molar-refractivity contribution in [3.8, 4) is 0 Å². The van der Waals surface area contributed by atoms with Crippen molar-refractivity contribution in [3.63, 3.8) is 0 Å². The minimum atomic E-state index is -1.06. The SMILES string of the molecule is O=C(NC1CCC(N(C(=O)c2ccc(Cl)cc2Cl)C2=C(C(=O)O)SC(c3ccccc3)C2)CC1)OCc1ccccc1. The van der Waals surface area contributed by atoms with Crippen LogP contribution in [0.25, 0.3) is 0 Å². The minimum Gasteiger partial charge on any atom is -0.477 e. The molecule has 1 unspecified atom stereocenters. The van der Waals surface area contributed by atoms with Gasteiger partial charge in [-0.15, -0.1) is 11.8 Å². The number of carbonyl (C=O) groups is 3. The standard InChI is InChI=1S/C32H30Cl2N2O5S/c33-22-11-16-25(26(34)17-22)30(37)36(27-18-28(42-29(27)31(38)39)21-9-5-2-6-10-21)24-14-12-23(13-15-24)35-32(40)41-19-20-7-3-1-4-8-20/h1-11,16-17,23-24,28H,12-15,18-19H2,(H,35,40)(H,38,39). The molecule has 0 aromatic heterocycles. The normalized spacial score (nSPS) is 20.2. The predicted octanol–water partition coefficient (Wildman–Crippen LogP) is 7.85. The molecular weight excluding hydrogens is 595 g/mol. The molecule has 2 N–H and O–H groups in total. The van der Waals surface area contributed by atoms with Crippen molar-refractivity contribution >= 4 is 52.9 Å². The zero-order valence-electron chi connectivity index (χ0n) is 22.7. The summed E-state index contributed by atoms with van der Waals surface area (Å²) in [6, 6.07) is 23.4. The Bertz CT molecular complexity index is 1480. The van der Waals surface area contributed by atoms with Crippen LogP contribution in [0.1, 0.15) is 58.8 Å². The summed E-state index contributed by atoms with van der Waals surface area (Å²) in [4.78, 5) is 40.8. The third kappa shape index (κ3) is 7.12. The molecule has 0 bridgehead atoms. The van der Waals surface area contributed by atoms with Gasteiger partial charge in [-0.1, -0.05) is 83.9 Å². The number of ether oxygens (including phenoxy) is 1. The molecular formula is C32H30Cl2N2O5S. The zero-order valence-corrected chi connectivity index (χ0v) is 25.0. The molecule has 0 saturated heterocycles. The van der Waals surface area contributed by atoms with E-state index < -0.39 is 12.1 Å². The van der Waals surface area contributed by atoms with Crippen LogP contribution in [-0.2, 0) is 16.1 Å². The van der Waals surface area contributed by atoms with E-state index in [0.29, 0.717) is 42.8 Å². The number of hydrogen-bond acceptors (Lipinski definition) is 5. The highest BCUT2D eigenvalue weighted by molar-refractivity contribution is 8.04. The Morgan fingerprint density at radius 3 is 2.24 bits per heavy atom. The number of carbonyl (C=O) groups excluding carboxylic acids is 2. The maximum Gasteiger partial charge on any atom is 0.407 e. The highest BCUT2D eigenvalue weighted by Gasteiger charge is 2.40. The number of amides is 2. The Hall–Kier alpha value is -3.46. The molecule has 2 aliphatic rings. The van der Waals surface area contributed by atoms with Crippen molar-refractivity contribution in [2.75, 3.05) is 0 Å². The fraction of sp³-hybridized carbons (Fsp3) is 0.281. The number of benzene rings is 3.